The van der Waals surface area contributed by atoms with Gasteiger partial charge in [0.25, 0.3) is 10.0 Å². The summed E-state index contributed by atoms with van der Waals surface area (Å²) in [6.45, 7) is 11.0. The van der Waals surface area contributed by atoms with Gasteiger partial charge in [0.1, 0.15) is 11.6 Å². The van der Waals surface area contributed by atoms with Gasteiger partial charge in [-0.2, -0.15) is 14.3 Å². The molecule has 0 spiro atoms. The molecule has 57 heavy (non-hydrogen) atoms. The molecule has 3 aliphatic heterocycles. The first-order chi connectivity index (χ1) is 27.6. The van der Waals surface area contributed by atoms with E-state index in [2.05, 4.69) is 71.1 Å². The first kappa shape index (κ1) is 37.3. The number of pyridine rings is 1. The maximum absolute atomic E-state index is 12.6. The zero-order valence-electron chi connectivity index (χ0n) is 32.3. The van der Waals surface area contributed by atoms with Gasteiger partial charge in [-0.15, -0.1) is 0 Å². The van der Waals surface area contributed by atoms with Gasteiger partial charge < -0.3 is 10.2 Å². The molecule has 1 unspecified atom stereocenters. The van der Waals surface area contributed by atoms with E-state index in [1.165, 1.54) is 18.0 Å². The largest absolute Gasteiger partial charge is 0.354 e. The number of carbonyl (C=O) groups is 2. The summed E-state index contributed by atoms with van der Waals surface area (Å²) in [7, 11) is -3.48. The van der Waals surface area contributed by atoms with Crippen LogP contribution in [-0.4, -0.2) is 115 Å². The van der Waals surface area contributed by atoms with Crippen molar-refractivity contribution in [2.45, 2.75) is 82.2 Å². The Morgan fingerprint density at radius 2 is 1.72 bits per heavy atom. The van der Waals surface area contributed by atoms with Gasteiger partial charge in [-0.25, -0.2) is 23.4 Å². The quantitative estimate of drug-likeness (QED) is 0.184. The first-order valence-corrected chi connectivity index (χ1v) is 21.5. The second kappa shape index (κ2) is 15.2. The number of piperazine rings is 1. The number of rotatable bonds is 11. The minimum Gasteiger partial charge on any atom is -0.354 e. The van der Waals surface area contributed by atoms with Crippen molar-refractivity contribution in [2.24, 2.45) is 0 Å². The Kier molecular flexibility index (Phi) is 9.98. The Morgan fingerprint density at radius 3 is 2.47 bits per heavy atom. The lowest BCUT2D eigenvalue weighted by Crippen LogP contribution is -2.53. The van der Waals surface area contributed by atoms with Crippen molar-refractivity contribution in [1.29, 1.82) is 0 Å². The smallest absolute Gasteiger partial charge is 0.256 e. The lowest BCUT2D eigenvalue weighted by atomic mass is 9.89. The monoisotopic (exact) mass is 792 g/mol. The number of hydrogen-bond donors (Lipinski definition) is 2. The topological polar surface area (TPSA) is 176 Å². The van der Waals surface area contributed by atoms with Crippen LogP contribution >= 0.6 is 0 Å². The Hall–Kier alpha value is -5.26. The average molecular weight is 793 g/mol. The third kappa shape index (κ3) is 7.75. The molecule has 4 aliphatic rings. The van der Waals surface area contributed by atoms with Crippen LogP contribution in [0.15, 0.2) is 61.2 Å². The van der Waals surface area contributed by atoms with E-state index >= 15 is 0 Å². The second-order valence-corrected chi connectivity index (χ2v) is 18.0. The maximum atomic E-state index is 12.6. The molecule has 2 N–H and O–H groups in total. The van der Waals surface area contributed by atoms with E-state index in [1.807, 2.05) is 24.4 Å². The predicted molar refractivity (Wildman–Crippen MR) is 215 cm³/mol. The summed E-state index contributed by atoms with van der Waals surface area (Å²) >= 11 is 0. The fraction of sp³-hybridized carbons (Fsp3) is 0.475. The van der Waals surface area contributed by atoms with Crippen LogP contribution in [0.1, 0.15) is 75.5 Å². The van der Waals surface area contributed by atoms with E-state index in [4.69, 9.17) is 10.1 Å². The molecule has 9 rings (SSSR count). The number of amides is 2. The lowest BCUT2D eigenvalue weighted by Gasteiger charge is -2.43. The number of anilines is 3. The average Bonchev–Trinajstić information content (AvgIpc) is 3.83. The Bertz CT molecular complexity index is 2410. The molecule has 4 fully saturated rings. The zero-order valence-corrected chi connectivity index (χ0v) is 33.1. The number of fused-ring (bicyclic) bond motifs is 1. The number of carbonyl (C=O) groups excluding carboxylic acids is 2. The van der Waals surface area contributed by atoms with E-state index in [-0.39, 0.29) is 29.0 Å². The van der Waals surface area contributed by atoms with Gasteiger partial charge in [-0.05, 0) is 63.1 Å². The van der Waals surface area contributed by atoms with Crippen LogP contribution in [0.25, 0.3) is 22.3 Å². The van der Waals surface area contributed by atoms with Crippen molar-refractivity contribution >= 4 is 50.2 Å². The van der Waals surface area contributed by atoms with Crippen LogP contribution in [0.2, 0.25) is 0 Å². The molecule has 17 heteroatoms. The summed E-state index contributed by atoms with van der Waals surface area (Å²) in [5.74, 6) is 1.85. The van der Waals surface area contributed by atoms with Crippen LogP contribution < -0.4 is 15.5 Å². The molecule has 1 saturated carbocycles. The third-order valence-electron chi connectivity index (χ3n) is 11.7. The van der Waals surface area contributed by atoms with Gasteiger partial charge >= 0.3 is 0 Å². The normalized spacial score (nSPS) is 20.4. The summed E-state index contributed by atoms with van der Waals surface area (Å²) in [6.07, 6.45) is 10.9. The molecule has 0 radical (unpaired) electrons. The Balaban J connectivity index is 0.814. The predicted octanol–water partition coefficient (Wildman–Crippen LogP) is 4.06. The standard InChI is InChI=1S/C40H48N12O4S/c1-26(2)52-34-21-36(44-35-10-13-41-38(45-35)29-22-43-51(25-29)57(55,56)31-6-7-31)42-23-33(34)39(47-52)50-14-11-30(12-15-50)49-18-16-48(17-19-49)24-27-4-3-5-28(20-27)32-8-9-37(53)46-40(32)54/h3-5,10,13,20-23,25-26,30-32H,6-9,11-12,14-19,24H2,1-2H3,(H,46,53,54)(H,41,42,44,45). The fourth-order valence-corrected chi connectivity index (χ4v) is 9.87. The van der Waals surface area contributed by atoms with Crippen molar-refractivity contribution in [3.63, 3.8) is 0 Å². The molecule has 0 bridgehead atoms. The molecule has 1 aromatic carbocycles. The highest BCUT2D eigenvalue weighted by atomic mass is 32.2. The summed E-state index contributed by atoms with van der Waals surface area (Å²) in [5, 5.41) is 15.6. The van der Waals surface area contributed by atoms with Crippen molar-refractivity contribution in [3.8, 4) is 11.4 Å². The number of aromatic nitrogens is 7. The zero-order chi connectivity index (χ0) is 39.3. The molecule has 3 saturated heterocycles. The number of nitrogens with one attached hydrogen (secondary N) is 2. The van der Waals surface area contributed by atoms with Crippen molar-refractivity contribution in [3.05, 3.63) is 72.3 Å². The van der Waals surface area contributed by atoms with Gasteiger partial charge in [-0.3, -0.25) is 29.4 Å². The highest BCUT2D eigenvalue weighted by Crippen LogP contribution is 2.34. The summed E-state index contributed by atoms with van der Waals surface area (Å²) in [4.78, 5) is 45.4. The van der Waals surface area contributed by atoms with Gasteiger partial charge in [0, 0.05) is 82.8 Å². The molecule has 2 amide bonds. The van der Waals surface area contributed by atoms with Crippen LogP contribution in [0.4, 0.5) is 17.5 Å². The minimum absolute atomic E-state index is 0.138. The Labute approximate surface area is 331 Å². The van der Waals surface area contributed by atoms with Crippen molar-refractivity contribution in [1.82, 2.24) is 49.0 Å². The Morgan fingerprint density at radius 1 is 0.912 bits per heavy atom. The van der Waals surface area contributed by atoms with E-state index in [1.54, 1.807) is 12.3 Å². The first-order valence-electron chi connectivity index (χ1n) is 20.0. The van der Waals surface area contributed by atoms with E-state index in [0.717, 1.165) is 85.0 Å². The van der Waals surface area contributed by atoms with Gasteiger partial charge in [0.2, 0.25) is 11.8 Å². The van der Waals surface area contributed by atoms with Crippen LogP contribution in [-0.2, 0) is 26.2 Å². The third-order valence-corrected chi connectivity index (χ3v) is 13.7. The molecular formula is C40H48N12O4S. The molecule has 4 aromatic heterocycles. The number of hydrogen-bond acceptors (Lipinski definition) is 13. The number of benzene rings is 1. The highest BCUT2D eigenvalue weighted by molar-refractivity contribution is 7.90. The van der Waals surface area contributed by atoms with Crippen LogP contribution in [0.3, 0.4) is 0 Å². The molecule has 298 valence electrons. The summed E-state index contributed by atoms with van der Waals surface area (Å²) in [5.41, 5.74) is 3.70. The number of imide groups is 1. The molecule has 5 aromatic rings. The molecule has 1 aliphatic carbocycles. The molecular weight excluding hydrogens is 745 g/mol. The summed E-state index contributed by atoms with van der Waals surface area (Å²) < 4.78 is 28.4. The molecule has 16 nitrogen and oxygen atoms in total. The molecule has 1 atom stereocenters. The highest BCUT2D eigenvalue weighted by Gasteiger charge is 2.38. The van der Waals surface area contributed by atoms with Gasteiger partial charge in [-0.1, -0.05) is 24.3 Å². The SMILES string of the molecule is CC(C)n1nc(N2CCC(N3CCN(Cc4cccc(C5CCC(=O)NC5=O)c4)CC3)CC2)c2cnc(Nc3ccnc(-c4cnn(S(=O)(=O)C5CC5)c4)n3)cc21. The van der Waals surface area contributed by atoms with Crippen LogP contribution in [0, 0.1) is 0 Å². The fourth-order valence-electron chi connectivity index (χ4n) is 8.40. The van der Waals surface area contributed by atoms with Crippen molar-refractivity contribution in [2.75, 3.05) is 49.5 Å². The molecule has 7 heterocycles. The van der Waals surface area contributed by atoms with E-state index in [9.17, 15) is 18.0 Å². The van der Waals surface area contributed by atoms with E-state index in [0.29, 0.717) is 54.7 Å². The maximum Gasteiger partial charge on any atom is 0.256 e. The summed E-state index contributed by atoms with van der Waals surface area (Å²) in [6, 6.07) is 12.7. The second-order valence-electron chi connectivity index (χ2n) is 16.0. The minimum atomic E-state index is -3.48. The number of nitrogens with zero attached hydrogens (tertiary/aromatic N) is 10. The van der Waals surface area contributed by atoms with Gasteiger partial charge in [0.05, 0.1) is 40.0 Å². The lowest BCUT2D eigenvalue weighted by molar-refractivity contribution is -0.134. The van der Waals surface area contributed by atoms with E-state index < -0.39 is 10.0 Å². The number of piperidine rings is 2. The van der Waals surface area contributed by atoms with Crippen molar-refractivity contribution < 1.29 is 18.0 Å². The van der Waals surface area contributed by atoms with Crippen LogP contribution in [0.5, 0.6) is 0 Å². The van der Waals surface area contributed by atoms with Gasteiger partial charge in [0.15, 0.2) is 11.6 Å².